The fourth-order valence-electron chi connectivity index (χ4n) is 3.00. The lowest BCUT2D eigenvalue weighted by Crippen LogP contribution is -2.19. The van der Waals surface area contributed by atoms with Gasteiger partial charge in [-0.2, -0.15) is 5.10 Å². The molecule has 0 saturated carbocycles. The number of rotatable bonds is 1. The van der Waals surface area contributed by atoms with Crippen molar-refractivity contribution in [2.45, 2.75) is 13.0 Å². The number of aromatic amines is 1. The Balaban J connectivity index is 2.16. The van der Waals surface area contributed by atoms with Crippen LogP contribution in [0.4, 0.5) is 8.78 Å². The van der Waals surface area contributed by atoms with E-state index in [0.717, 1.165) is 12.1 Å². The molecule has 1 N–H and O–H groups in total. The fourth-order valence-corrected chi connectivity index (χ4v) is 3.41. The predicted molar refractivity (Wildman–Crippen MR) is 94.6 cm³/mol. The smallest absolute Gasteiger partial charge is 0.273 e. The highest BCUT2D eigenvalue weighted by Crippen LogP contribution is 2.37. The number of H-pyrrole nitrogens is 1. The van der Waals surface area contributed by atoms with Crippen molar-refractivity contribution in [3.63, 3.8) is 0 Å². The second-order valence-electron chi connectivity index (χ2n) is 5.73. The Bertz CT molecular complexity index is 1120. The highest BCUT2D eigenvalue weighted by molar-refractivity contribution is 6.45. The van der Waals surface area contributed by atoms with E-state index in [-0.39, 0.29) is 26.9 Å². The zero-order valence-electron chi connectivity index (χ0n) is 13.2. The van der Waals surface area contributed by atoms with Crippen LogP contribution in [0.15, 0.2) is 40.1 Å². The van der Waals surface area contributed by atoms with E-state index in [2.05, 4.69) is 15.2 Å². The van der Waals surface area contributed by atoms with Gasteiger partial charge in [0, 0.05) is 5.56 Å². The van der Waals surface area contributed by atoms with Crippen LogP contribution in [-0.2, 0) is 0 Å². The number of hydrogen-bond acceptors (Lipinski definition) is 3. The zero-order chi connectivity index (χ0) is 18.6. The number of nitrogens with zero attached hydrogens (tertiary/aromatic N) is 3. The summed E-state index contributed by atoms with van der Waals surface area (Å²) in [6.45, 7) is 1.66. The van der Waals surface area contributed by atoms with Gasteiger partial charge in [0.2, 0.25) is 0 Å². The van der Waals surface area contributed by atoms with Crippen LogP contribution in [-0.4, -0.2) is 20.5 Å². The summed E-state index contributed by atoms with van der Waals surface area (Å²) in [6, 6.07) is 5.88. The summed E-state index contributed by atoms with van der Waals surface area (Å²) < 4.78 is 30.2. The number of hydrogen-bond donors (Lipinski definition) is 1. The Hall–Kier alpha value is -2.51. The Morgan fingerprint density at radius 3 is 2.50 bits per heavy atom. The molecule has 1 aliphatic heterocycles. The second-order valence-corrected chi connectivity index (χ2v) is 6.51. The maximum absolute atomic E-state index is 14.5. The van der Waals surface area contributed by atoms with Crippen molar-refractivity contribution in [2.75, 3.05) is 0 Å². The van der Waals surface area contributed by atoms with E-state index in [0.29, 0.717) is 11.5 Å². The van der Waals surface area contributed by atoms with Crippen LogP contribution in [0.5, 0.6) is 0 Å². The van der Waals surface area contributed by atoms with Gasteiger partial charge in [-0.3, -0.25) is 4.99 Å². The molecule has 3 aromatic rings. The van der Waals surface area contributed by atoms with Gasteiger partial charge in [-0.1, -0.05) is 29.3 Å². The van der Waals surface area contributed by atoms with Gasteiger partial charge in [-0.15, -0.1) is 0 Å². The molecule has 2 aromatic carbocycles. The minimum absolute atomic E-state index is 0.0273. The summed E-state index contributed by atoms with van der Waals surface area (Å²) in [5, 5.41) is 6.54. The van der Waals surface area contributed by atoms with E-state index in [1.807, 2.05) is 0 Å². The van der Waals surface area contributed by atoms with Crippen LogP contribution >= 0.6 is 23.2 Å². The van der Waals surface area contributed by atoms with Gasteiger partial charge in [0.25, 0.3) is 0 Å². The summed E-state index contributed by atoms with van der Waals surface area (Å²) in [7, 11) is 0. The van der Waals surface area contributed by atoms with Crippen LogP contribution in [0.1, 0.15) is 29.9 Å². The zero-order valence-corrected chi connectivity index (χ0v) is 14.7. The fraction of sp³-hybridized carbons (Fsp3) is 0.118. The van der Waals surface area contributed by atoms with Gasteiger partial charge in [-0.25, -0.2) is 23.2 Å². The maximum Gasteiger partial charge on any atom is 0.348 e. The summed E-state index contributed by atoms with van der Waals surface area (Å²) in [5.74, 6) is -1.31. The molecule has 0 unspecified atom stereocenters. The largest absolute Gasteiger partial charge is 0.348 e. The molecule has 2 heterocycles. The van der Waals surface area contributed by atoms with Crippen molar-refractivity contribution in [3.05, 3.63) is 79.4 Å². The van der Waals surface area contributed by atoms with Gasteiger partial charge in [0.05, 0.1) is 27.0 Å². The van der Waals surface area contributed by atoms with E-state index < -0.39 is 23.4 Å². The third-order valence-electron chi connectivity index (χ3n) is 4.14. The lowest BCUT2D eigenvalue weighted by atomic mass is 9.99. The predicted octanol–water partition coefficient (Wildman–Crippen LogP) is 4.06. The SMILES string of the molecule is C[C@@H]1N=C(c2c(F)cccc2F)c2c(ccc(Cl)c2Cl)-n2c1n[nH]c2=O. The van der Waals surface area contributed by atoms with E-state index in [1.165, 1.54) is 22.8 Å². The number of aromatic nitrogens is 3. The summed E-state index contributed by atoms with van der Waals surface area (Å²) >= 11 is 12.5. The molecule has 0 radical (unpaired) electrons. The standard InChI is InChI=1S/C17H10Cl2F2N4O/c1-7-16-23-24-17(26)25(16)11-6-5-8(18)14(19)13(11)15(22-7)12-9(20)3-2-4-10(12)21/h2-7H,1H3,(H,24,26)/t7-/m0/s1. The molecule has 0 amide bonds. The topological polar surface area (TPSA) is 63.0 Å². The average molecular weight is 395 g/mol. The van der Waals surface area contributed by atoms with E-state index >= 15 is 0 Å². The molecule has 132 valence electrons. The minimum atomic E-state index is -0.800. The van der Waals surface area contributed by atoms with Crippen molar-refractivity contribution in [1.82, 2.24) is 14.8 Å². The van der Waals surface area contributed by atoms with Gasteiger partial charge in [-0.05, 0) is 31.2 Å². The minimum Gasteiger partial charge on any atom is -0.273 e. The molecule has 9 heteroatoms. The Kier molecular flexibility index (Phi) is 3.93. The van der Waals surface area contributed by atoms with Crippen LogP contribution in [0.3, 0.4) is 0 Å². The molecular weight excluding hydrogens is 385 g/mol. The third kappa shape index (κ3) is 2.39. The summed E-state index contributed by atoms with van der Waals surface area (Å²) in [5.41, 5.74) is -0.430. The Labute approximate surface area is 155 Å². The second kappa shape index (κ2) is 6.03. The van der Waals surface area contributed by atoms with Crippen molar-refractivity contribution in [1.29, 1.82) is 0 Å². The number of fused-ring (bicyclic) bond motifs is 3. The average Bonchev–Trinajstić information content (AvgIpc) is 2.92. The molecule has 1 aliphatic rings. The number of nitrogens with one attached hydrogen (secondary N) is 1. The van der Waals surface area contributed by atoms with Crippen molar-refractivity contribution in [3.8, 4) is 5.69 Å². The number of benzene rings is 2. The molecule has 1 aromatic heterocycles. The molecule has 26 heavy (non-hydrogen) atoms. The molecule has 5 nitrogen and oxygen atoms in total. The summed E-state index contributed by atoms with van der Waals surface area (Å²) in [4.78, 5) is 16.7. The Morgan fingerprint density at radius 2 is 1.81 bits per heavy atom. The molecule has 4 rings (SSSR count). The van der Waals surface area contributed by atoms with Crippen molar-refractivity contribution < 1.29 is 8.78 Å². The molecule has 0 bridgehead atoms. The van der Waals surface area contributed by atoms with E-state index in [1.54, 1.807) is 6.92 Å². The lowest BCUT2D eigenvalue weighted by molar-refractivity contribution is 0.578. The highest BCUT2D eigenvalue weighted by Gasteiger charge is 2.30. The number of halogens is 4. The van der Waals surface area contributed by atoms with Gasteiger partial charge >= 0.3 is 5.69 Å². The molecule has 0 spiro atoms. The van der Waals surface area contributed by atoms with E-state index in [4.69, 9.17) is 23.2 Å². The summed E-state index contributed by atoms with van der Waals surface area (Å²) in [6.07, 6.45) is 0. The first-order valence-electron chi connectivity index (χ1n) is 7.58. The Morgan fingerprint density at radius 1 is 1.12 bits per heavy atom. The molecule has 0 aliphatic carbocycles. The first kappa shape index (κ1) is 16.9. The van der Waals surface area contributed by atoms with Crippen molar-refractivity contribution >= 4 is 28.9 Å². The number of aliphatic imine (C=N–C) groups is 1. The quantitative estimate of drug-likeness (QED) is 0.676. The van der Waals surface area contributed by atoms with Gasteiger partial charge in [0.15, 0.2) is 5.82 Å². The van der Waals surface area contributed by atoms with Crippen LogP contribution < -0.4 is 5.69 Å². The van der Waals surface area contributed by atoms with Crippen LogP contribution in [0.25, 0.3) is 5.69 Å². The van der Waals surface area contributed by atoms with Crippen LogP contribution in [0, 0.1) is 11.6 Å². The highest BCUT2D eigenvalue weighted by atomic mass is 35.5. The molecule has 0 fully saturated rings. The normalized spacial score (nSPS) is 15.9. The molecular formula is C17H10Cl2F2N4O. The first-order valence-corrected chi connectivity index (χ1v) is 8.34. The lowest BCUT2D eigenvalue weighted by Gasteiger charge is -2.14. The third-order valence-corrected chi connectivity index (χ3v) is 4.95. The van der Waals surface area contributed by atoms with Crippen LogP contribution in [0.2, 0.25) is 10.0 Å². The molecule has 1 atom stereocenters. The molecule has 0 saturated heterocycles. The van der Waals surface area contributed by atoms with Gasteiger partial charge in [0.1, 0.15) is 17.7 Å². The monoisotopic (exact) mass is 394 g/mol. The maximum atomic E-state index is 14.5. The van der Waals surface area contributed by atoms with E-state index in [9.17, 15) is 13.6 Å². The van der Waals surface area contributed by atoms with Gasteiger partial charge < -0.3 is 0 Å². The first-order chi connectivity index (χ1) is 12.4. The van der Waals surface area contributed by atoms with Crippen molar-refractivity contribution in [2.24, 2.45) is 4.99 Å².